The summed E-state index contributed by atoms with van der Waals surface area (Å²) in [6.45, 7) is 8.28. The van der Waals surface area contributed by atoms with Gasteiger partial charge in [0, 0.05) is 17.8 Å². The van der Waals surface area contributed by atoms with Crippen molar-refractivity contribution in [2.45, 2.75) is 40.3 Å². The molecule has 1 aromatic heterocycles. The lowest BCUT2D eigenvalue weighted by Gasteiger charge is -2.22. The Kier molecular flexibility index (Phi) is 8.04. The molecule has 8 heteroatoms. The zero-order chi connectivity index (χ0) is 25.0. The molecule has 1 N–H and O–H groups in total. The van der Waals surface area contributed by atoms with E-state index in [1.165, 1.54) is 17.7 Å². The smallest absolute Gasteiger partial charge is 0.331 e. The minimum absolute atomic E-state index is 0.236. The molecular weight excluding hydrogens is 440 g/mol. The van der Waals surface area contributed by atoms with E-state index in [9.17, 15) is 18.4 Å². The van der Waals surface area contributed by atoms with E-state index in [0.29, 0.717) is 29.5 Å². The van der Waals surface area contributed by atoms with Crippen LogP contribution in [0.25, 0.3) is 11.1 Å². The van der Waals surface area contributed by atoms with Crippen molar-refractivity contribution in [1.29, 1.82) is 0 Å². The van der Waals surface area contributed by atoms with Crippen LogP contribution in [0.15, 0.2) is 52.1 Å². The lowest BCUT2D eigenvalue weighted by molar-refractivity contribution is 0.415. The third kappa shape index (κ3) is 5.28. The number of methoxy groups -OCH3 is 1. The Balaban J connectivity index is 2.24. The highest BCUT2D eigenvalue weighted by molar-refractivity contribution is 5.66. The summed E-state index contributed by atoms with van der Waals surface area (Å²) < 4.78 is 36.6. The first kappa shape index (κ1) is 25.4. The monoisotopic (exact) mass is 471 g/mol. The second kappa shape index (κ2) is 10.8. The van der Waals surface area contributed by atoms with Crippen molar-refractivity contribution in [3.63, 3.8) is 0 Å². The van der Waals surface area contributed by atoms with Gasteiger partial charge < -0.3 is 10.1 Å². The fourth-order valence-corrected chi connectivity index (χ4v) is 3.97. The number of benzene rings is 2. The van der Waals surface area contributed by atoms with Crippen molar-refractivity contribution in [2.75, 3.05) is 20.2 Å². The Bertz CT molecular complexity index is 1260. The maximum absolute atomic E-state index is 14.5. The number of ether oxygens (including phenoxy) is 1. The third-order valence-electron chi connectivity index (χ3n) is 5.81. The molecule has 34 heavy (non-hydrogen) atoms. The van der Waals surface area contributed by atoms with Crippen molar-refractivity contribution in [3.8, 4) is 16.9 Å². The second-order valence-corrected chi connectivity index (χ2v) is 8.84. The summed E-state index contributed by atoms with van der Waals surface area (Å²) in [7, 11) is 1.52. The summed E-state index contributed by atoms with van der Waals surface area (Å²) >= 11 is 0. The fourth-order valence-electron chi connectivity index (χ4n) is 3.97. The quantitative estimate of drug-likeness (QED) is 0.510. The van der Waals surface area contributed by atoms with Crippen LogP contribution >= 0.6 is 0 Å². The third-order valence-corrected chi connectivity index (χ3v) is 5.81. The number of aromatic nitrogens is 2. The van der Waals surface area contributed by atoms with Crippen LogP contribution < -0.4 is 21.3 Å². The average molecular weight is 472 g/mol. The molecule has 0 aliphatic rings. The van der Waals surface area contributed by atoms with Gasteiger partial charge in [-0.2, -0.15) is 0 Å². The van der Waals surface area contributed by atoms with Crippen LogP contribution in [-0.2, 0) is 6.54 Å². The lowest BCUT2D eigenvalue weighted by Crippen LogP contribution is -2.46. The topological polar surface area (TPSA) is 65.3 Å². The minimum Gasteiger partial charge on any atom is -0.497 e. The molecule has 0 saturated heterocycles. The predicted octanol–water partition coefficient (Wildman–Crippen LogP) is 4.13. The summed E-state index contributed by atoms with van der Waals surface area (Å²) in [5.41, 5.74) is -0.147. The number of halogens is 2. The van der Waals surface area contributed by atoms with Gasteiger partial charge in [0.05, 0.1) is 25.3 Å². The number of nitrogens with one attached hydrogen (secondary N) is 1. The number of hydrogen-bond donors (Lipinski definition) is 1. The van der Waals surface area contributed by atoms with E-state index >= 15 is 0 Å². The molecule has 3 aromatic rings. The second-order valence-electron chi connectivity index (χ2n) is 8.84. The molecule has 1 heterocycles. The molecule has 0 fully saturated rings. The molecule has 0 spiro atoms. The maximum atomic E-state index is 14.5. The minimum atomic E-state index is -0.751. The summed E-state index contributed by atoms with van der Waals surface area (Å²) in [5, 5.41) is 3.27. The number of nitrogens with zero attached hydrogens (tertiary/aromatic N) is 2. The van der Waals surface area contributed by atoms with Crippen molar-refractivity contribution >= 4 is 0 Å². The molecule has 0 saturated carbocycles. The largest absolute Gasteiger partial charge is 0.497 e. The highest BCUT2D eigenvalue weighted by Gasteiger charge is 2.23. The van der Waals surface area contributed by atoms with Crippen LogP contribution in [-0.4, -0.2) is 29.3 Å². The van der Waals surface area contributed by atoms with E-state index in [0.717, 1.165) is 23.2 Å². The van der Waals surface area contributed by atoms with E-state index in [1.807, 2.05) is 0 Å². The van der Waals surface area contributed by atoms with Gasteiger partial charge in [-0.25, -0.2) is 13.6 Å². The molecule has 2 aromatic carbocycles. The van der Waals surface area contributed by atoms with E-state index in [4.69, 9.17) is 4.74 Å². The maximum Gasteiger partial charge on any atom is 0.331 e. The highest BCUT2D eigenvalue weighted by atomic mass is 19.1. The van der Waals surface area contributed by atoms with Crippen LogP contribution in [0.1, 0.15) is 38.1 Å². The van der Waals surface area contributed by atoms with E-state index in [2.05, 4.69) is 19.2 Å². The van der Waals surface area contributed by atoms with Crippen molar-refractivity contribution < 1.29 is 13.5 Å². The first-order valence-corrected chi connectivity index (χ1v) is 11.3. The van der Waals surface area contributed by atoms with Gasteiger partial charge in [0.25, 0.3) is 5.56 Å². The van der Waals surface area contributed by atoms with Gasteiger partial charge >= 0.3 is 5.69 Å². The predicted molar refractivity (Wildman–Crippen MR) is 130 cm³/mol. The number of hydrogen-bond acceptors (Lipinski definition) is 4. The van der Waals surface area contributed by atoms with Crippen LogP contribution in [0.2, 0.25) is 0 Å². The van der Waals surface area contributed by atoms with E-state index < -0.39 is 28.9 Å². The van der Waals surface area contributed by atoms with Crippen LogP contribution in [0.3, 0.4) is 0 Å². The Labute approximate surface area is 197 Å². The molecule has 182 valence electrons. The fraction of sp³-hybridized carbons (Fsp3) is 0.385. The van der Waals surface area contributed by atoms with Crippen LogP contribution in [0.5, 0.6) is 5.75 Å². The molecule has 0 aliphatic heterocycles. The van der Waals surface area contributed by atoms with Crippen LogP contribution in [0.4, 0.5) is 8.78 Å². The molecule has 6 nitrogen and oxygen atoms in total. The average Bonchev–Trinajstić information content (AvgIpc) is 2.78. The van der Waals surface area contributed by atoms with Gasteiger partial charge in [-0.3, -0.25) is 13.9 Å². The molecule has 0 bridgehead atoms. The van der Waals surface area contributed by atoms with Gasteiger partial charge in [-0.1, -0.05) is 32.0 Å². The highest BCUT2D eigenvalue weighted by Crippen LogP contribution is 2.24. The first-order chi connectivity index (χ1) is 16.1. The lowest BCUT2D eigenvalue weighted by atomic mass is 10.0. The molecular formula is C26H31F2N3O3. The normalized spacial score (nSPS) is 12.2. The van der Waals surface area contributed by atoms with Gasteiger partial charge in [-0.05, 0) is 56.1 Å². The molecule has 0 radical (unpaired) electrons. The summed E-state index contributed by atoms with van der Waals surface area (Å²) in [6.07, 6.45) is 0. The number of rotatable bonds is 9. The standard InChI is InChI=1S/C26H31F2N3O3/c1-16(2)13-29-14-17(3)31-25(32)24(19-8-6-9-20(12-19)34-5)18(4)30(26(31)33)15-21-22(27)10-7-11-23(21)28/h6-12,16-17,29H,13-15H2,1-5H3/t17-/m0/s1. The Hall–Kier alpha value is -3.26. The zero-order valence-corrected chi connectivity index (χ0v) is 20.2. The van der Waals surface area contributed by atoms with Crippen molar-refractivity contribution in [1.82, 2.24) is 14.5 Å². The Morgan fingerprint density at radius 3 is 2.26 bits per heavy atom. The summed E-state index contributed by atoms with van der Waals surface area (Å²) in [4.78, 5) is 27.1. The molecule has 3 rings (SSSR count). The SMILES string of the molecule is COc1cccc(-c2c(C)n(Cc3c(F)cccc3F)c(=O)n([C@@H](C)CNCC(C)C)c2=O)c1. The van der Waals surface area contributed by atoms with Gasteiger partial charge in [-0.15, -0.1) is 0 Å². The van der Waals surface area contributed by atoms with Crippen LogP contribution in [0, 0.1) is 24.5 Å². The first-order valence-electron chi connectivity index (χ1n) is 11.3. The zero-order valence-electron chi connectivity index (χ0n) is 20.2. The Morgan fingerprint density at radius 2 is 1.65 bits per heavy atom. The van der Waals surface area contributed by atoms with Gasteiger partial charge in [0.2, 0.25) is 0 Å². The van der Waals surface area contributed by atoms with E-state index in [1.54, 1.807) is 38.1 Å². The summed E-state index contributed by atoms with van der Waals surface area (Å²) in [6, 6.07) is 10.0. The summed E-state index contributed by atoms with van der Waals surface area (Å²) in [5.74, 6) is -0.556. The molecule has 0 aliphatic carbocycles. The van der Waals surface area contributed by atoms with Crippen molar-refractivity contribution in [3.05, 3.63) is 86.2 Å². The Morgan fingerprint density at radius 1 is 1.00 bits per heavy atom. The van der Waals surface area contributed by atoms with Gasteiger partial charge in [0.1, 0.15) is 17.4 Å². The molecule has 0 amide bonds. The molecule has 0 unspecified atom stereocenters. The van der Waals surface area contributed by atoms with E-state index in [-0.39, 0.29) is 17.7 Å². The van der Waals surface area contributed by atoms with Gasteiger partial charge in [0.15, 0.2) is 0 Å². The van der Waals surface area contributed by atoms with Crippen molar-refractivity contribution in [2.24, 2.45) is 5.92 Å². The molecule has 1 atom stereocenters.